The normalized spacial score (nSPS) is 12.3. The zero-order chi connectivity index (χ0) is 30.2. The molecule has 1 nitrogen and oxygen atoms in total. The van der Waals surface area contributed by atoms with Crippen molar-refractivity contribution in [1.82, 2.24) is 4.57 Å². The fourth-order valence-electron chi connectivity index (χ4n) is 7.44. The summed E-state index contributed by atoms with van der Waals surface area (Å²) in [4.78, 5) is 2.66. The van der Waals surface area contributed by atoms with Gasteiger partial charge in [0, 0.05) is 31.6 Å². The van der Waals surface area contributed by atoms with Gasteiger partial charge in [-0.05, 0) is 92.0 Å². The molecule has 0 bridgehead atoms. The molecule has 0 saturated heterocycles. The molecular weight excluding hydrogens is 575 g/mol. The van der Waals surface area contributed by atoms with E-state index in [1.807, 2.05) is 11.8 Å². The molecular formula is C44H27NS. The van der Waals surface area contributed by atoms with Gasteiger partial charge >= 0.3 is 0 Å². The second-order valence-electron chi connectivity index (χ2n) is 12.1. The van der Waals surface area contributed by atoms with E-state index in [9.17, 15) is 0 Å². The summed E-state index contributed by atoms with van der Waals surface area (Å²) in [5, 5.41) is 7.83. The van der Waals surface area contributed by atoms with Crippen LogP contribution in [0.15, 0.2) is 174 Å². The number of rotatable bonds is 3. The summed E-state index contributed by atoms with van der Waals surface area (Å²) in [5.41, 5.74) is 11.2. The fourth-order valence-corrected chi connectivity index (χ4v) is 8.57. The van der Waals surface area contributed by atoms with Gasteiger partial charge in [-0.1, -0.05) is 133 Å². The third-order valence-electron chi connectivity index (χ3n) is 9.57. The Labute approximate surface area is 271 Å². The number of nitrogens with zero attached hydrogens (tertiary/aromatic N) is 1. The van der Waals surface area contributed by atoms with Crippen molar-refractivity contribution in [1.29, 1.82) is 0 Å². The second kappa shape index (κ2) is 9.97. The Morgan fingerprint density at radius 1 is 0.370 bits per heavy atom. The van der Waals surface area contributed by atoms with Crippen LogP contribution >= 0.6 is 11.8 Å². The number of fused-ring (bicyclic) bond motifs is 7. The van der Waals surface area contributed by atoms with Gasteiger partial charge in [0.25, 0.3) is 0 Å². The maximum atomic E-state index is 2.42. The van der Waals surface area contributed by atoms with E-state index < -0.39 is 0 Å². The van der Waals surface area contributed by atoms with Gasteiger partial charge in [0.1, 0.15) is 0 Å². The van der Waals surface area contributed by atoms with E-state index in [1.54, 1.807) is 0 Å². The Kier molecular flexibility index (Phi) is 5.58. The summed E-state index contributed by atoms with van der Waals surface area (Å²) in [6, 6.07) is 60.2. The molecule has 2 heterocycles. The van der Waals surface area contributed by atoms with Gasteiger partial charge in [0.05, 0.1) is 11.0 Å². The van der Waals surface area contributed by atoms with Crippen molar-refractivity contribution in [2.45, 2.75) is 9.79 Å². The smallest absolute Gasteiger partial charge is 0.0547 e. The standard InChI is InChI=1S/C44H27NS/c1-2-13-35-30(8-1)22-24-40-44(35)37-14-3-4-16-39(37)45(40)34-12-5-11-32(26-34)28-18-20-29(21-19-28)33-23-25-41-38(27-33)36-15-6-9-31-10-7-17-42(46-41)43(31)36/h1-27H. The van der Waals surface area contributed by atoms with E-state index >= 15 is 0 Å². The van der Waals surface area contributed by atoms with E-state index in [0.29, 0.717) is 0 Å². The molecule has 0 amide bonds. The SMILES string of the molecule is c1cc(-c2ccc(-c3ccc4c(c3)-c3cccc5cccc(c35)S4)cc2)cc(-n2c3ccccc3c3c4ccccc4ccc32)c1. The van der Waals surface area contributed by atoms with Crippen LogP contribution in [0.25, 0.3) is 82.4 Å². The lowest BCUT2D eigenvalue weighted by molar-refractivity contribution is 1.18. The number of hydrogen-bond donors (Lipinski definition) is 0. The van der Waals surface area contributed by atoms with Crippen molar-refractivity contribution in [3.8, 4) is 39.1 Å². The van der Waals surface area contributed by atoms with E-state index in [2.05, 4.69) is 168 Å². The third-order valence-corrected chi connectivity index (χ3v) is 10.7. The lowest BCUT2D eigenvalue weighted by Crippen LogP contribution is -1.94. The van der Waals surface area contributed by atoms with Crippen LogP contribution in [0.5, 0.6) is 0 Å². The first kappa shape index (κ1) is 25.7. The van der Waals surface area contributed by atoms with Crippen molar-refractivity contribution in [3.05, 3.63) is 164 Å². The van der Waals surface area contributed by atoms with Crippen LogP contribution < -0.4 is 0 Å². The highest BCUT2D eigenvalue weighted by molar-refractivity contribution is 7.99. The lowest BCUT2D eigenvalue weighted by atomic mass is 9.94. The first-order chi connectivity index (χ1) is 22.8. The van der Waals surface area contributed by atoms with E-state index in [4.69, 9.17) is 0 Å². The molecule has 0 fully saturated rings. The Hall–Kier alpha value is -5.57. The lowest BCUT2D eigenvalue weighted by Gasteiger charge is -2.21. The Morgan fingerprint density at radius 2 is 1.07 bits per heavy atom. The average Bonchev–Trinajstić information content (AvgIpc) is 3.47. The molecule has 0 atom stereocenters. The maximum absolute atomic E-state index is 2.42. The molecule has 8 aromatic carbocycles. The molecule has 2 heteroatoms. The highest BCUT2D eigenvalue weighted by Crippen LogP contribution is 2.48. The van der Waals surface area contributed by atoms with Gasteiger partial charge in [-0.3, -0.25) is 0 Å². The van der Waals surface area contributed by atoms with Crippen LogP contribution in [-0.2, 0) is 0 Å². The molecule has 1 aliphatic heterocycles. The van der Waals surface area contributed by atoms with Crippen molar-refractivity contribution in [3.63, 3.8) is 0 Å². The summed E-state index contributed by atoms with van der Waals surface area (Å²) < 4.78 is 2.42. The van der Waals surface area contributed by atoms with E-state index in [1.165, 1.54) is 92.2 Å². The summed E-state index contributed by atoms with van der Waals surface area (Å²) >= 11 is 1.88. The highest BCUT2D eigenvalue weighted by Gasteiger charge is 2.20. The van der Waals surface area contributed by atoms with E-state index in [0.717, 1.165) is 0 Å². The van der Waals surface area contributed by atoms with Crippen LogP contribution in [0.3, 0.4) is 0 Å². The molecule has 46 heavy (non-hydrogen) atoms. The number of aromatic nitrogens is 1. The zero-order valence-corrected chi connectivity index (χ0v) is 25.8. The molecule has 9 aromatic rings. The van der Waals surface area contributed by atoms with Gasteiger partial charge in [-0.15, -0.1) is 0 Å². The van der Waals surface area contributed by atoms with Gasteiger partial charge in [-0.2, -0.15) is 0 Å². The van der Waals surface area contributed by atoms with Crippen molar-refractivity contribution in [2.24, 2.45) is 0 Å². The number of hydrogen-bond acceptors (Lipinski definition) is 1. The molecule has 0 N–H and O–H groups in total. The molecule has 0 radical (unpaired) electrons. The topological polar surface area (TPSA) is 4.93 Å². The van der Waals surface area contributed by atoms with Gasteiger partial charge in [0.15, 0.2) is 0 Å². The first-order valence-electron chi connectivity index (χ1n) is 15.8. The molecule has 10 rings (SSSR count). The fraction of sp³-hybridized carbons (Fsp3) is 0. The predicted molar refractivity (Wildman–Crippen MR) is 196 cm³/mol. The minimum absolute atomic E-state index is 1.17. The quantitative estimate of drug-likeness (QED) is 0.195. The summed E-state index contributed by atoms with van der Waals surface area (Å²) in [6.07, 6.45) is 0. The first-order valence-corrected chi connectivity index (χ1v) is 16.6. The Bertz CT molecular complexity index is 2660. The van der Waals surface area contributed by atoms with Gasteiger partial charge in [0.2, 0.25) is 0 Å². The monoisotopic (exact) mass is 601 g/mol. The van der Waals surface area contributed by atoms with Gasteiger partial charge < -0.3 is 4.57 Å². The maximum Gasteiger partial charge on any atom is 0.0547 e. The second-order valence-corrected chi connectivity index (χ2v) is 13.2. The molecule has 0 aliphatic carbocycles. The molecule has 214 valence electrons. The van der Waals surface area contributed by atoms with Crippen molar-refractivity contribution < 1.29 is 0 Å². The highest BCUT2D eigenvalue weighted by atomic mass is 32.2. The third kappa shape index (κ3) is 3.84. The minimum Gasteiger partial charge on any atom is -0.309 e. The summed E-state index contributed by atoms with van der Waals surface area (Å²) in [6.45, 7) is 0. The van der Waals surface area contributed by atoms with Crippen LogP contribution in [0.2, 0.25) is 0 Å². The van der Waals surface area contributed by atoms with Gasteiger partial charge in [-0.25, -0.2) is 0 Å². The molecule has 0 spiro atoms. The summed E-state index contributed by atoms with van der Waals surface area (Å²) in [7, 11) is 0. The van der Waals surface area contributed by atoms with Crippen LogP contribution in [0.1, 0.15) is 0 Å². The molecule has 1 aliphatic rings. The number of para-hydroxylation sites is 1. The Balaban J connectivity index is 1.05. The largest absolute Gasteiger partial charge is 0.309 e. The molecule has 1 aromatic heterocycles. The van der Waals surface area contributed by atoms with Crippen LogP contribution in [-0.4, -0.2) is 4.57 Å². The zero-order valence-electron chi connectivity index (χ0n) is 24.9. The van der Waals surface area contributed by atoms with Crippen LogP contribution in [0.4, 0.5) is 0 Å². The number of benzene rings is 8. The summed E-state index contributed by atoms with van der Waals surface area (Å²) in [5.74, 6) is 0. The van der Waals surface area contributed by atoms with Crippen molar-refractivity contribution in [2.75, 3.05) is 0 Å². The predicted octanol–water partition coefficient (Wildman–Crippen LogP) is 12.6. The minimum atomic E-state index is 1.17. The van der Waals surface area contributed by atoms with Crippen LogP contribution in [0, 0.1) is 0 Å². The van der Waals surface area contributed by atoms with Crippen molar-refractivity contribution >= 4 is 55.1 Å². The Morgan fingerprint density at radius 3 is 1.93 bits per heavy atom. The van der Waals surface area contributed by atoms with E-state index in [-0.39, 0.29) is 0 Å². The molecule has 0 unspecified atom stereocenters. The average molecular weight is 602 g/mol. The molecule has 0 saturated carbocycles.